The lowest BCUT2D eigenvalue weighted by Gasteiger charge is -2.34. The number of hydrogen-bond donors (Lipinski definition) is 0. The van der Waals surface area contributed by atoms with Crippen molar-refractivity contribution in [1.82, 2.24) is 24.0 Å². The summed E-state index contributed by atoms with van der Waals surface area (Å²) in [5.74, 6) is 1.69. The van der Waals surface area contributed by atoms with E-state index in [2.05, 4.69) is 229 Å². The lowest BCUT2D eigenvalue weighted by molar-refractivity contribution is 0.670. The summed E-state index contributed by atoms with van der Waals surface area (Å²) in [5.41, 5.74) is 14.7. The highest BCUT2D eigenvalue weighted by Gasteiger charge is 2.48. The van der Waals surface area contributed by atoms with Crippen LogP contribution >= 0.6 is 11.3 Å². The van der Waals surface area contributed by atoms with Gasteiger partial charge in [0.25, 0.3) is 0 Å². The van der Waals surface area contributed by atoms with E-state index in [1.54, 1.807) is 11.3 Å². The molecule has 1 aliphatic rings. The molecule has 15 rings (SSSR count). The molecular formula is C63H38N5OS+. The summed E-state index contributed by atoms with van der Waals surface area (Å²) in [6, 6.07) is 82.3. The third-order valence-corrected chi connectivity index (χ3v) is 15.4. The Morgan fingerprint density at radius 3 is 1.86 bits per heavy atom. The van der Waals surface area contributed by atoms with Gasteiger partial charge in [0.2, 0.25) is 5.95 Å². The van der Waals surface area contributed by atoms with Crippen LogP contribution in [0.1, 0.15) is 0 Å². The smallest absolute Gasteiger partial charge is 0.238 e. The Kier molecular flexibility index (Phi) is 8.36. The molecule has 6 nitrogen and oxygen atoms in total. The Morgan fingerprint density at radius 1 is 0.386 bits per heavy atom. The van der Waals surface area contributed by atoms with Crippen LogP contribution in [0.2, 0.25) is 0 Å². The highest BCUT2D eigenvalue weighted by Crippen LogP contribution is 2.63. The maximum Gasteiger partial charge on any atom is 0.238 e. The third kappa shape index (κ3) is 5.55. The fraction of sp³-hybridized carbons (Fsp3) is 0. The zero-order valence-electron chi connectivity index (χ0n) is 37.5. The summed E-state index contributed by atoms with van der Waals surface area (Å²) >= 11 is 1.79. The van der Waals surface area contributed by atoms with Crippen LogP contribution in [-0.2, 0) is 0 Å². The second kappa shape index (κ2) is 15.0. The normalized spacial score (nSPS) is 13.0. The molecule has 14 aromatic rings. The largest absolute Gasteiger partial charge is 0.455 e. The lowest BCUT2D eigenvalue weighted by atomic mass is 10.0. The zero-order chi connectivity index (χ0) is 45.9. The molecule has 0 N–H and O–H groups in total. The minimum absolute atomic E-state index is 0.426. The van der Waals surface area contributed by atoms with Gasteiger partial charge in [-0.05, 0) is 48.0 Å². The predicted molar refractivity (Wildman–Crippen MR) is 290 cm³/mol. The number of quaternary nitrogens is 1. The number of rotatable bonds is 6. The van der Waals surface area contributed by atoms with Crippen LogP contribution in [0.25, 0.3) is 115 Å². The Bertz CT molecular complexity index is 4380. The molecular weight excluding hydrogens is 875 g/mol. The minimum Gasteiger partial charge on any atom is -0.455 e. The Labute approximate surface area is 405 Å². The summed E-state index contributed by atoms with van der Waals surface area (Å²) < 4.78 is 11.9. The van der Waals surface area contributed by atoms with Gasteiger partial charge in [0.15, 0.2) is 23.0 Å². The summed E-state index contributed by atoms with van der Waals surface area (Å²) in [4.78, 5) is 16.5. The van der Waals surface area contributed by atoms with Crippen molar-refractivity contribution < 1.29 is 4.42 Å². The number of benzene rings is 10. The predicted octanol–water partition coefficient (Wildman–Crippen LogP) is 17.5. The molecule has 0 saturated heterocycles. The fourth-order valence-corrected chi connectivity index (χ4v) is 12.4. The molecule has 0 saturated carbocycles. The van der Waals surface area contributed by atoms with Crippen molar-refractivity contribution in [2.75, 3.05) is 0 Å². The molecule has 0 spiro atoms. The van der Waals surface area contributed by atoms with Crippen molar-refractivity contribution in [1.29, 1.82) is 0 Å². The Balaban J connectivity index is 1.02. The molecule has 0 unspecified atom stereocenters. The van der Waals surface area contributed by atoms with E-state index in [0.717, 1.165) is 88.4 Å². The van der Waals surface area contributed by atoms with Gasteiger partial charge in [0.1, 0.15) is 22.5 Å². The molecule has 4 aromatic heterocycles. The first kappa shape index (κ1) is 39.0. The second-order valence-corrected chi connectivity index (χ2v) is 19.1. The maximum absolute atomic E-state index is 6.81. The standard InChI is InChI=1S/C63H38N5OS/c1-4-18-39(19-5-1)43-27-16-28-47-46-35-34-40(36-56(46)69-60(43)47)61-64-62(49-29-17-33-58-59(49)48-26-12-15-32-57(48)70-58)66-63(65-61)67-52-30-13-10-24-44(52)50-37-51-45-25-11-14-31-54(45)68(55(51)38-53(50)67,41-20-6-2-7-21-41)42-22-8-3-9-23-42/h1-38H/q+1. The quantitative estimate of drug-likeness (QED) is 0.156. The van der Waals surface area contributed by atoms with E-state index in [9.17, 15) is 0 Å². The molecule has 5 heterocycles. The molecule has 0 radical (unpaired) electrons. The summed E-state index contributed by atoms with van der Waals surface area (Å²) in [6.07, 6.45) is 0. The van der Waals surface area contributed by atoms with E-state index in [1.807, 2.05) is 6.07 Å². The highest BCUT2D eigenvalue weighted by atomic mass is 32.1. The van der Waals surface area contributed by atoms with Crippen molar-refractivity contribution in [2.24, 2.45) is 0 Å². The Morgan fingerprint density at radius 2 is 1.03 bits per heavy atom. The molecule has 0 fully saturated rings. The number of fused-ring (bicyclic) bond motifs is 12. The van der Waals surface area contributed by atoms with Crippen molar-refractivity contribution in [3.8, 4) is 51.0 Å². The van der Waals surface area contributed by atoms with Crippen molar-refractivity contribution >= 4 is 98.0 Å². The summed E-state index contributed by atoms with van der Waals surface area (Å²) in [7, 11) is 0. The van der Waals surface area contributed by atoms with E-state index in [4.69, 9.17) is 19.4 Å². The first-order valence-electron chi connectivity index (χ1n) is 23.6. The van der Waals surface area contributed by atoms with Gasteiger partial charge >= 0.3 is 0 Å². The molecule has 0 atom stereocenters. The number of aromatic nitrogens is 4. The van der Waals surface area contributed by atoms with E-state index >= 15 is 0 Å². The van der Waals surface area contributed by atoms with Gasteiger partial charge in [-0.15, -0.1) is 11.3 Å². The molecule has 10 aromatic carbocycles. The topological polar surface area (TPSA) is 56.7 Å². The highest BCUT2D eigenvalue weighted by molar-refractivity contribution is 7.25. The first-order chi connectivity index (χ1) is 34.7. The van der Waals surface area contributed by atoms with E-state index in [1.165, 1.54) is 31.6 Å². The average molecular weight is 913 g/mol. The van der Waals surface area contributed by atoms with Crippen molar-refractivity contribution in [2.45, 2.75) is 0 Å². The van der Waals surface area contributed by atoms with Gasteiger partial charge in [-0.2, -0.15) is 14.5 Å². The second-order valence-electron chi connectivity index (χ2n) is 18.0. The van der Waals surface area contributed by atoms with Crippen LogP contribution in [0, 0.1) is 0 Å². The van der Waals surface area contributed by atoms with Crippen LogP contribution in [0.15, 0.2) is 235 Å². The van der Waals surface area contributed by atoms with Gasteiger partial charge in [0, 0.05) is 94.8 Å². The molecule has 1 aliphatic heterocycles. The van der Waals surface area contributed by atoms with Gasteiger partial charge in [-0.1, -0.05) is 152 Å². The van der Waals surface area contributed by atoms with E-state index < -0.39 is 0 Å². The first-order valence-corrected chi connectivity index (χ1v) is 24.4. The number of thiophene rings is 1. The van der Waals surface area contributed by atoms with Crippen molar-refractivity contribution in [3.05, 3.63) is 231 Å². The van der Waals surface area contributed by atoms with Gasteiger partial charge in [-0.25, -0.2) is 4.98 Å². The van der Waals surface area contributed by atoms with E-state index in [-0.39, 0.29) is 0 Å². The van der Waals surface area contributed by atoms with Gasteiger partial charge in [-0.3, -0.25) is 4.57 Å². The molecule has 7 heteroatoms. The SMILES string of the molecule is c1ccc(-c2cccc3c2oc2cc(-c4nc(-c5cccc6sc7ccccc7c56)nc(-n5c6ccccc6c6cc7c(cc65)[N+](c5ccccc5)(c5ccccc5)c5ccccc5-7)n4)ccc23)cc1. The average Bonchev–Trinajstić information content (AvgIpc) is 4.18. The van der Waals surface area contributed by atoms with Crippen LogP contribution in [0.5, 0.6) is 0 Å². The third-order valence-electron chi connectivity index (χ3n) is 14.3. The molecule has 0 aliphatic carbocycles. The van der Waals surface area contributed by atoms with Crippen LogP contribution < -0.4 is 4.48 Å². The minimum atomic E-state index is 0.426. The lowest BCUT2D eigenvalue weighted by Crippen LogP contribution is -2.31. The van der Waals surface area contributed by atoms with E-state index in [0.29, 0.717) is 22.1 Å². The molecule has 70 heavy (non-hydrogen) atoms. The van der Waals surface area contributed by atoms with Crippen LogP contribution in [-0.4, -0.2) is 19.5 Å². The maximum atomic E-state index is 6.81. The van der Waals surface area contributed by atoms with Gasteiger partial charge in [0.05, 0.1) is 22.2 Å². The number of hydrogen-bond acceptors (Lipinski definition) is 5. The monoisotopic (exact) mass is 912 g/mol. The molecule has 326 valence electrons. The number of para-hydroxylation sites is 5. The number of furan rings is 1. The van der Waals surface area contributed by atoms with Gasteiger partial charge < -0.3 is 4.42 Å². The summed E-state index contributed by atoms with van der Waals surface area (Å²) in [6.45, 7) is 0. The number of nitrogens with zero attached hydrogens (tertiary/aromatic N) is 5. The van der Waals surface area contributed by atoms with Crippen LogP contribution in [0.3, 0.4) is 0 Å². The molecule has 0 amide bonds. The zero-order valence-corrected chi connectivity index (χ0v) is 38.3. The summed E-state index contributed by atoms with van der Waals surface area (Å²) in [5, 5.41) is 6.67. The fourth-order valence-electron chi connectivity index (χ4n) is 11.3. The molecule has 0 bridgehead atoms. The van der Waals surface area contributed by atoms with Crippen molar-refractivity contribution in [3.63, 3.8) is 0 Å². The Hall–Kier alpha value is -9.01. The van der Waals surface area contributed by atoms with Crippen LogP contribution in [0.4, 0.5) is 22.7 Å².